The van der Waals surface area contributed by atoms with E-state index in [0.717, 1.165) is 41.5 Å². The molecule has 28 heavy (non-hydrogen) atoms. The van der Waals surface area contributed by atoms with Crippen LogP contribution in [0.4, 0.5) is 11.6 Å². The Labute approximate surface area is 164 Å². The lowest BCUT2D eigenvalue weighted by Gasteiger charge is -2.27. The molecule has 8 nitrogen and oxygen atoms in total. The summed E-state index contributed by atoms with van der Waals surface area (Å²) in [6.07, 6.45) is 6.04. The van der Waals surface area contributed by atoms with Gasteiger partial charge in [0.15, 0.2) is 0 Å². The summed E-state index contributed by atoms with van der Waals surface area (Å²) >= 11 is 0. The molecule has 3 aromatic rings. The molecule has 4 rings (SSSR count). The number of fused-ring (bicyclic) bond motifs is 1. The second-order valence-corrected chi connectivity index (χ2v) is 7.73. The normalized spacial score (nSPS) is 19.7. The zero-order valence-corrected chi connectivity index (χ0v) is 16.6. The van der Waals surface area contributed by atoms with E-state index in [4.69, 9.17) is 0 Å². The van der Waals surface area contributed by atoms with Gasteiger partial charge in [-0.05, 0) is 39.1 Å². The van der Waals surface area contributed by atoms with E-state index in [9.17, 15) is 5.11 Å². The van der Waals surface area contributed by atoms with Gasteiger partial charge < -0.3 is 24.6 Å². The largest absolute Gasteiger partial charge is 0.391 e. The van der Waals surface area contributed by atoms with Crippen LogP contribution in [0.25, 0.3) is 5.65 Å². The minimum absolute atomic E-state index is 0.245. The van der Waals surface area contributed by atoms with Crippen LogP contribution >= 0.6 is 0 Å². The molecule has 2 N–H and O–H groups in total. The van der Waals surface area contributed by atoms with E-state index < -0.39 is 0 Å². The van der Waals surface area contributed by atoms with Gasteiger partial charge in [-0.1, -0.05) is 6.07 Å². The lowest BCUT2D eigenvalue weighted by molar-refractivity contribution is 0.191. The van der Waals surface area contributed by atoms with Gasteiger partial charge in [-0.3, -0.25) is 0 Å². The first-order valence-corrected chi connectivity index (χ1v) is 9.58. The number of aromatic nitrogens is 4. The van der Waals surface area contributed by atoms with Crippen LogP contribution in [0.1, 0.15) is 17.7 Å². The Morgan fingerprint density at radius 2 is 2.18 bits per heavy atom. The van der Waals surface area contributed by atoms with Crippen molar-refractivity contribution in [3.63, 3.8) is 0 Å². The fourth-order valence-electron chi connectivity index (χ4n) is 3.84. The van der Waals surface area contributed by atoms with Gasteiger partial charge in [0.25, 0.3) is 0 Å². The number of anilines is 2. The molecule has 3 aromatic heterocycles. The maximum atomic E-state index is 10.1. The Morgan fingerprint density at radius 1 is 1.32 bits per heavy atom. The van der Waals surface area contributed by atoms with E-state index in [2.05, 4.69) is 43.1 Å². The molecule has 0 unspecified atom stereocenters. The van der Waals surface area contributed by atoms with E-state index >= 15 is 0 Å². The van der Waals surface area contributed by atoms with Crippen molar-refractivity contribution in [3.8, 4) is 0 Å². The third kappa shape index (κ3) is 3.93. The maximum absolute atomic E-state index is 10.1. The Hall–Kier alpha value is -2.71. The zero-order valence-electron chi connectivity index (χ0n) is 16.6. The number of rotatable bonds is 6. The number of nitrogens with zero attached hydrogens (tertiary/aromatic N) is 6. The topological polar surface area (TPSA) is 81.8 Å². The standard InChI is InChI=1S/C20H27N7O/c1-14-5-4-6-26-10-15(24-20(14)26)9-21-18-8-19(23-13-22-18)27-12-17(28)7-16(27)11-25(2)3/h4-6,8,10,13,16-17,28H,7,9,11-12H2,1-3H3,(H,21,22,23)/t16-,17-/m1/s1. The van der Waals surface area contributed by atoms with Gasteiger partial charge in [0.1, 0.15) is 23.6 Å². The van der Waals surface area contributed by atoms with Crippen LogP contribution in [0, 0.1) is 6.92 Å². The van der Waals surface area contributed by atoms with E-state index in [0.29, 0.717) is 13.1 Å². The van der Waals surface area contributed by atoms with Crippen molar-refractivity contribution in [1.82, 2.24) is 24.3 Å². The highest BCUT2D eigenvalue weighted by Gasteiger charge is 2.32. The van der Waals surface area contributed by atoms with E-state index in [1.54, 1.807) is 6.33 Å². The molecule has 0 aromatic carbocycles. The van der Waals surface area contributed by atoms with Gasteiger partial charge in [-0.2, -0.15) is 0 Å². The highest BCUT2D eigenvalue weighted by Crippen LogP contribution is 2.25. The molecule has 8 heteroatoms. The van der Waals surface area contributed by atoms with Crippen LogP contribution in [0.5, 0.6) is 0 Å². The molecule has 0 bridgehead atoms. The molecule has 0 radical (unpaired) electrons. The van der Waals surface area contributed by atoms with Crippen molar-refractivity contribution in [2.45, 2.75) is 32.0 Å². The van der Waals surface area contributed by atoms with Gasteiger partial charge in [0.05, 0.1) is 18.3 Å². The Balaban J connectivity index is 1.48. The van der Waals surface area contributed by atoms with Crippen LogP contribution in [0.3, 0.4) is 0 Å². The van der Waals surface area contributed by atoms with E-state index in [-0.39, 0.29) is 12.1 Å². The molecule has 2 atom stereocenters. The van der Waals surface area contributed by atoms with Crippen LogP contribution in [0.2, 0.25) is 0 Å². The van der Waals surface area contributed by atoms with Gasteiger partial charge >= 0.3 is 0 Å². The number of imidazole rings is 1. The smallest absolute Gasteiger partial charge is 0.140 e. The molecule has 1 aliphatic heterocycles. The number of aryl methyl sites for hydroxylation is 1. The number of β-amino-alcohol motifs (C(OH)–C–C–N with tert-alkyl or cyclic N) is 1. The summed E-state index contributed by atoms with van der Waals surface area (Å²) in [6.45, 7) is 4.12. The number of hydrogen-bond acceptors (Lipinski definition) is 7. The van der Waals surface area contributed by atoms with Crippen molar-refractivity contribution < 1.29 is 5.11 Å². The van der Waals surface area contributed by atoms with Gasteiger partial charge in [-0.25, -0.2) is 15.0 Å². The summed E-state index contributed by atoms with van der Waals surface area (Å²) in [5.74, 6) is 1.59. The van der Waals surface area contributed by atoms with Crippen molar-refractivity contribution in [2.24, 2.45) is 0 Å². The van der Waals surface area contributed by atoms with Crippen LogP contribution in [0.15, 0.2) is 36.9 Å². The van der Waals surface area contributed by atoms with E-state index in [1.165, 1.54) is 0 Å². The first-order valence-electron chi connectivity index (χ1n) is 9.58. The second kappa shape index (κ2) is 7.73. The van der Waals surface area contributed by atoms with Crippen molar-refractivity contribution >= 4 is 17.3 Å². The van der Waals surface area contributed by atoms with Gasteiger partial charge in [0.2, 0.25) is 0 Å². The maximum Gasteiger partial charge on any atom is 0.140 e. The monoisotopic (exact) mass is 381 g/mol. The summed E-state index contributed by atoms with van der Waals surface area (Å²) in [5.41, 5.74) is 3.08. The van der Waals surface area contributed by atoms with Gasteiger partial charge in [0, 0.05) is 37.6 Å². The van der Waals surface area contributed by atoms with Crippen LogP contribution in [-0.4, -0.2) is 68.7 Å². The lowest BCUT2D eigenvalue weighted by atomic mass is 10.2. The minimum Gasteiger partial charge on any atom is -0.391 e. The third-order valence-corrected chi connectivity index (χ3v) is 5.09. The summed E-state index contributed by atoms with van der Waals surface area (Å²) in [7, 11) is 4.10. The number of hydrogen-bond donors (Lipinski definition) is 2. The molecule has 1 aliphatic rings. The summed E-state index contributed by atoms with van der Waals surface area (Å²) in [5, 5.41) is 13.5. The van der Waals surface area contributed by atoms with Crippen molar-refractivity contribution in [2.75, 3.05) is 37.4 Å². The zero-order chi connectivity index (χ0) is 19.7. The summed E-state index contributed by atoms with van der Waals surface area (Å²) < 4.78 is 2.04. The number of pyridine rings is 1. The Bertz CT molecular complexity index is 955. The average molecular weight is 381 g/mol. The number of nitrogens with one attached hydrogen (secondary N) is 1. The number of likely N-dealkylation sites (N-methyl/N-ethyl adjacent to an activating group) is 1. The van der Waals surface area contributed by atoms with Crippen LogP contribution < -0.4 is 10.2 Å². The quantitative estimate of drug-likeness (QED) is 0.670. The first-order chi connectivity index (χ1) is 13.5. The SMILES string of the molecule is Cc1cccn2cc(CNc3cc(N4C[C@H](O)C[C@@H]4CN(C)C)ncn3)nc12. The number of aliphatic hydroxyl groups excluding tert-OH is 1. The molecular weight excluding hydrogens is 354 g/mol. The first kappa shape index (κ1) is 18.6. The molecule has 0 saturated carbocycles. The number of aliphatic hydroxyl groups is 1. The Morgan fingerprint density at radius 3 is 2.96 bits per heavy atom. The molecule has 148 valence electrons. The molecule has 4 heterocycles. The van der Waals surface area contributed by atoms with Gasteiger partial charge in [-0.15, -0.1) is 0 Å². The van der Waals surface area contributed by atoms with Crippen LogP contribution in [-0.2, 0) is 6.54 Å². The molecule has 1 saturated heterocycles. The second-order valence-electron chi connectivity index (χ2n) is 7.73. The minimum atomic E-state index is -0.322. The molecule has 0 aliphatic carbocycles. The predicted molar refractivity (Wildman–Crippen MR) is 110 cm³/mol. The predicted octanol–water partition coefficient (Wildman–Crippen LogP) is 1.55. The fourth-order valence-corrected chi connectivity index (χ4v) is 3.84. The molecule has 0 amide bonds. The highest BCUT2D eigenvalue weighted by molar-refractivity contribution is 5.51. The molecule has 1 fully saturated rings. The Kier molecular flexibility index (Phi) is 5.15. The summed E-state index contributed by atoms with van der Waals surface area (Å²) in [6, 6.07) is 6.27. The average Bonchev–Trinajstić information content (AvgIpc) is 3.24. The van der Waals surface area contributed by atoms with Crippen molar-refractivity contribution in [1.29, 1.82) is 0 Å². The van der Waals surface area contributed by atoms with Crippen molar-refractivity contribution in [3.05, 3.63) is 48.2 Å². The highest BCUT2D eigenvalue weighted by atomic mass is 16.3. The lowest BCUT2D eigenvalue weighted by Crippen LogP contribution is -2.38. The molecule has 0 spiro atoms. The fraction of sp³-hybridized carbons (Fsp3) is 0.450. The molecular formula is C20H27N7O. The third-order valence-electron chi connectivity index (χ3n) is 5.09. The summed E-state index contributed by atoms with van der Waals surface area (Å²) in [4.78, 5) is 17.8. The van der Waals surface area contributed by atoms with E-state index in [1.807, 2.05) is 43.0 Å².